The average Bonchev–Trinajstić information content (AvgIpc) is 2.74. The third-order valence-electron chi connectivity index (χ3n) is 2.45. The Bertz CT molecular complexity index is 457. The van der Waals surface area contributed by atoms with E-state index in [1.54, 1.807) is 0 Å². The molecular formula is C12H19N3O3S. The van der Waals surface area contributed by atoms with Crippen LogP contribution in [0.25, 0.3) is 0 Å². The molecular weight excluding hydrogens is 266 g/mol. The molecule has 0 saturated heterocycles. The molecule has 0 aliphatic carbocycles. The van der Waals surface area contributed by atoms with E-state index >= 15 is 0 Å². The molecule has 1 N–H and O–H groups in total. The highest BCUT2D eigenvalue weighted by atomic mass is 32.1. The largest absolute Gasteiger partial charge is 0.480 e. The summed E-state index contributed by atoms with van der Waals surface area (Å²) in [5, 5.41) is 12.9. The Balaban J connectivity index is 2.97. The van der Waals surface area contributed by atoms with Crippen LogP contribution in [0, 0.1) is 5.92 Å². The lowest BCUT2D eigenvalue weighted by atomic mass is 10.1. The number of carboxylic acids is 1. The number of aliphatic carboxylic acids is 1. The zero-order valence-corrected chi connectivity index (χ0v) is 12.4. The van der Waals surface area contributed by atoms with Crippen molar-refractivity contribution in [2.45, 2.75) is 33.6 Å². The van der Waals surface area contributed by atoms with Gasteiger partial charge in [-0.2, -0.15) is 0 Å². The molecule has 1 amide bonds. The number of carbonyl (C=O) groups is 2. The summed E-state index contributed by atoms with van der Waals surface area (Å²) in [4.78, 5) is 25.0. The Morgan fingerprint density at radius 2 is 1.95 bits per heavy atom. The van der Waals surface area contributed by atoms with Crippen LogP contribution in [-0.4, -0.2) is 44.6 Å². The number of nitrogens with zero attached hydrogens (tertiary/aromatic N) is 3. The highest BCUT2D eigenvalue weighted by molar-refractivity contribution is 7.08. The molecule has 106 valence electrons. The second-order valence-corrected chi connectivity index (χ2v) is 5.87. The smallest absolute Gasteiger partial charge is 0.323 e. The molecule has 0 unspecified atom stereocenters. The Morgan fingerprint density at radius 1 is 1.32 bits per heavy atom. The normalized spacial score (nSPS) is 11.1. The zero-order chi connectivity index (χ0) is 14.6. The van der Waals surface area contributed by atoms with Crippen LogP contribution in [-0.2, 0) is 4.79 Å². The monoisotopic (exact) mass is 285 g/mol. The molecule has 0 aliphatic rings. The van der Waals surface area contributed by atoms with Gasteiger partial charge in [-0.05, 0) is 23.4 Å². The first-order chi connectivity index (χ1) is 8.82. The van der Waals surface area contributed by atoms with Crippen LogP contribution in [0.5, 0.6) is 0 Å². The summed E-state index contributed by atoms with van der Waals surface area (Å²) in [5.41, 5.74) is 0.633. The van der Waals surface area contributed by atoms with E-state index in [-0.39, 0.29) is 24.3 Å². The van der Waals surface area contributed by atoms with Gasteiger partial charge in [-0.25, -0.2) is 0 Å². The number of carbonyl (C=O) groups excluding carboxylic acids is 1. The van der Waals surface area contributed by atoms with Gasteiger partial charge in [-0.3, -0.25) is 9.59 Å². The van der Waals surface area contributed by atoms with Gasteiger partial charge in [-0.1, -0.05) is 32.2 Å². The predicted octanol–water partition coefficient (Wildman–Crippen LogP) is 1.84. The van der Waals surface area contributed by atoms with E-state index in [2.05, 4.69) is 9.59 Å². The highest BCUT2D eigenvalue weighted by Crippen LogP contribution is 2.21. The molecule has 1 rings (SSSR count). The van der Waals surface area contributed by atoms with Gasteiger partial charge in [0.1, 0.15) is 11.4 Å². The molecule has 0 saturated carbocycles. The van der Waals surface area contributed by atoms with E-state index in [0.29, 0.717) is 17.1 Å². The first-order valence-electron chi connectivity index (χ1n) is 6.16. The summed E-state index contributed by atoms with van der Waals surface area (Å²) in [5.74, 6) is -1.03. The van der Waals surface area contributed by atoms with E-state index in [4.69, 9.17) is 5.11 Å². The van der Waals surface area contributed by atoms with Crippen molar-refractivity contribution in [3.63, 3.8) is 0 Å². The van der Waals surface area contributed by atoms with Crippen LogP contribution >= 0.6 is 11.5 Å². The minimum Gasteiger partial charge on any atom is -0.480 e. The minimum absolute atomic E-state index is 0.0865. The summed E-state index contributed by atoms with van der Waals surface area (Å²) < 4.78 is 3.80. The quantitative estimate of drug-likeness (QED) is 0.862. The molecule has 0 fully saturated rings. The molecule has 1 heterocycles. The summed E-state index contributed by atoms with van der Waals surface area (Å²) in [6.45, 7) is 7.84. The van der Waals surface area contributed by atoms with Crippen LogP contribution in [0.15, 0.2) is 0 Å². The lowest BCUT2D eigenvalue weighted by Gasteiger charge is -2.22. The maximum absolute atomic E-state index is 12.4. The van der Waals surface area contributed by atoms with Crippen LogP contribution in [0.1, 0.15) is 49.0 Å². The molecule has 0 atom stereocenters. The van der Waals surface area contributed by atoms with Crippen LogP contribution in [0.2, 0.25) is 0 Å². The lowest BCUT2D eigenvalue weighted by molar-refractivity contribution is -0.137. The van der Waals surface area contributed by atoms with Crippen molar-refractivity contribution in [3.05, 3.63) is 10.6 Å². The number of hydrogen-bond acceptors (Lipinski definition) is 5. The first kappa shape index (κ1) is 15.6. The Labute approximate surface area is 116 Å². The van der Waals surface area contributed by atoms with Crippen LogP contribution in [0.4, 0.5) is 0 Å². The lowest BCUT2D eigenvalue weighted by Crippen LogP contribution is -2.38. The van der Waals surface area contributed by atoms with Crippen molar-refractivity contribution >= 4 is 23.4 Å². The molecule has 1 aromatic heterocycles. The first-order valence-corrected chi connectivity index (χ1v) is 6.93. The number of hydrogen-bond donors (Lipinski definition) is 1. The van der Waals surface area contributed by atoms with Crippen molar-refractivity contribution < 1.29 is 14.7 Å². The van der Waals surface area contributed by atoms with Crippen molar-refractivity contribution in [2.24, 2.45) is 5.92 Å². The fourth-order valence-electron chi connectivity index (χ4n) is 1.69. The molecule has 0 radical (unpaired) electrons. The maximum Gasteiger partial charge on any atom is 0.323 e. The van der Waals surface area contributed by atoms with E-state index in [1.807, 2.05) is 27.7 Å². The topological polar surface area (TPSA) is 83.4 Å². The van der Waals surface area contributed by atoms with Gasteiger partial charge in [0.2, 0.25) is 0 Å². The molecule has 19 heavy (non-hydrogen) atoms. The van der Waals surface area contributed by atoms with Crippen molar-refractivity contribution in [2.75, 3.05) is 13.1 Å². The minimum atomic E-state index is -1.02. The van der Waals surface area contributed by atoms with E-state index in [9.17, 15) is 9.59 Å². The molecule has 1 aromatic rings. The van der Waals surface area contributed by atoms with E-state index in [0.717, 1.165) is 11.5 Å². The standard InChI is InChI=1S/C12H19N3O3S/c1-7(2)5-15(6-9(16)17)12(18)11-10(8(3)4)13-14-19-11/h7-8H,5-6H2,1-4H3,(H,16,17). The Hall–Kier alpha value is -1.50. The van der Waals surface area contributed by atoms with Gasteiger partial charge in [0.15, 0.2) is 0 Å². The zero-order valence-electron chi connectivity index (χ0n) is 11.6. The van der Waals surface area contributed by atoms with Gasteiger partial charge in [0.05, 0.1) is 5.69 Å². The van der Waals surface area contributed by atoms with Crippen LogP contribution in [0.3, 0.4) is 0 Å². The van der Waals surface area contributed by atoms with Crippen molar-refractivity contribution in [1.29, 1.82) is 0 Å². The number of carboxylic acid groups (broad SMARTS) is 1. The summed E-state index contributed by atoms with van der Waals surface area (Å²) in [6.07, 6.45) is 0. The summed E-state index contributed by atoms with van der Waals surface area (Å²) in [6, 6.07) is 0. The van der Waals surface area contributed by atoms with Gasteiger partial charge in [0.25, 0.3) is 5.91 Å². The predicted molar refractivity (Wildman–Crippen MR) is 72.4 cm³/mol. The Kier molecular flexibility index (Phi) is 5.41. The van der Waals surface area contributed by atoms with Crippen molar-refractivity contribution in [1.82, 2.24) is 14.5 Å². The molecule has 0 bridgehead atoms. The molecule has 0 aliphatic heterocycles. The molecule has 0 aromatic carbocycles. The number of amides is 1. The fraction of sp³-hybridized carbons (Fsp3) is 0.667. The fourth-order valence-corrected chi connectivity index (χ4v) is 2.48. The molecule has 0 spiro atoms. The maximum atomic E-state index is 12.4. The third kappa shape index (κ3) is 4.27. The highest BCUT2D eigenvalue weighted by Gasteiger charge is 2.25. The average molecular weight is 285 g/mol. The van der Waals surface area contributed by atoms with E-state index in [1.165, 1.54) is 4.90 Å². The van der Waals surface area contributed by atoms with Gasteiger partial charge in [-0.15, -0.1) is 5.10 Å². The molecule has 6 nitrogen and oxygen atoms in total. The third-order valence-corrected chi connectivity index (χ3v) is 3.18. The van der Waals surface area contributed by atoms with Crippen molar-refractivity contribution in [3.8, 4) is 0 Å². The second kappa shape index (κ2) is 6.60. The second-order valence-electron chi connectivity index (χ2n) is 5.12. The summed E-state index contributed by atoms with van der Waals surface area (Å²) in [7, 11) is 0. The van der Waals surface area contributed by atoms with Gasteiger partial charge >= 0.3 is 5.97 Å². The summed E-state index contributed by atoms with van der Waals surface area (Å²) >= 11 is 1.02. The molecule has 7 heteroatoms. The number of rotatable bonds is 6. The van der Waals surface area contributed by atoms with Gasteiger partial charge in [0, 0.05) is 6.54 Å². The SMILES string of the molecule is CC(C)CN(CC(=O)O)C(=O)c1snnc1C(C)C. The van der Waals surface area contributed by atoms with Gasteiger partial charge < -0.3 is 10.0 Å². The Morgan fingerprint density at radius 3 is 2.42 bits per heavy atom. The number of aromatic nitrogens is 2. The van der Waals surface area contributed by atoms with Crippen LogP contribution < -0.4 is 0 Å². The van der Waals surface area contributed by atoms with E-state index < -0.39 is 5.97 Å².